The number of rotatable bonds is 4. The summed E-state index contributed by atoms with van der Waals surface area (Å²) < 4.78 is 16.5. The van der Waals surface area contributed by atoms with Gasteiger partial charge < -0.3 is 0 Å². The zero-order valence-corrected chi connectivity index (χ0v) is 14.3. The van der Waals surface area contributed by atoms with E-state index in [0.717, 1.165) is 15.9 Å². The maximum atomic E-state index is 13.5. The summed E-state index contributed by atoms with van der Waals surface area (Å²) in [6.07, 6.45) is 0.191. The van der Waals surface area contributed by atoms with Crippen molar-refractivity contribution < 1.29 is 9.18 Å². The third kappa shape index (κ3) is 3.01. The molecule has 1 aromatic carbocycles. The molecule has 2 rings (SSSR count). The summed E-state index contributed by atoms with van der Waals surface area (Å²) in [5.41, 5.74) is 2.02. The fourth-order valence-corrected chi connectivity index (χ4v) is 2.63. The molecule has 2 aromatic rings. The van der Waals surface area contributed by atoms with E-state index in [4.69, 9.17) is 0 Å². The van der Waals surface area contributed by atoms with Gasteiger partial charge in [0.1, 0.15) is 5.82 Å². The maximum absolute atomic E-state index is 13.5. The number of halogens is 3. The number of carbonyl (C=O) groups is 1. The van der Waals surface area contributed by atoms with Crippen molar-refractivity contribution in [2.75, 3.05) is 0 Å². The summed E-state index contributed by atoms with van der Waals surface area (Å²) in [6, 6.07) is 4.41. The van der Waals surface area contributed by atoms with E-state index >= 15 is 0 Å². The predicted molar refractivity (Wildman–Crippen MR) is 82.5 cm³/mol. The normalized spacial score (nSPS) is 10.8. The molecule has 0 N–H and O–H groups in total. The fraction of sp³-hybridized carbons (Fsp3) is 0.286. The molecule has 106 valence electrons. The van der Waals surface area contributed by atoms with Crippen LogP contribution < -0.4 is 0 Å². The van der Waals surface area contributed by atoms with Crippen LogP contribution in [0, 0.1) is 12.7 Å². The Bertz CT molecular complexity index is 667. The fourth-order valence-electron chi connectivity index (χ4n) is 1.96. The molecule has 0 aliphatic heterocycles. The molecular weight excluding hydrogens is 391 g/mol. The molecule has 0 unspecified atom stereocenters. The van der Waals surface area contributed by atoms with Gasteiger partial charge in [-0.2, -0.15) is 5.10 Å². The van der Waals surface area contributed by atoms with E-state index in [9.17, 15) is 9.18 Å². The van der Waals surface area contributed by atoms with Gasteiger partial charge in [-0.1, -0.05) is 6.07 Å². The summed E-state index contributed by atoms with van der Waals surface area (Å²) in [5.74, 6) is -0.568. The molecule has 6 heteroatoms. The molecule has 0 atom stereocenters. The first-order valence-corrected chi connectivity index (χ1v) is 7.72. The van der Waals surface area contributed by atoms with Crippen LogP contribution >= 0.6 is 31.9 Å². The smallest absolute Gasteiger partial charge is 0.168 e. The van der Waals surface area contributed by atoms with Gasteiger partial charge >= 0.3 is 0 Å². The van der Waals surface area contributed by atoms with Crippen LogP contribution in [0.4, 0.5) is 4.39 Å². The Labute approximate surface area is 133 Å². The summed E-state index contributed by atoms with van der Waals surface area (Å²) in [5, 5.41) is 4.34. The number of benzene rings is 1. The highest BCUT2D eigenvalue weighted by atomic mass is 79.9. The number of hydrogen-bond donors (Lipinski definition) is 0. The van der Waals surface area contributed by atoms with E-state index in [1.165, 1.54) is 6.07 Å². The van der Waals surface area contributed by atoms with Crippen molar-refractivity contribution in [3.05, 3.63) is 49.9 Å². The Morgan fingerprint density at radius 2 is 2.10 bits per heavy atom. The molecule has 1 aromatic heterocycles. The van der Waals surface area contributed by atoms with Gasteiger partial charge in [0.2, 0.25) is 0 Å². The van der Waals surface area contributed by atoms with Crippen LogP contribution in [0.5, 0.6) is 0 Å². The predicted octanol–water partition coefficient (Wildman–Crippen LogP) is 4.30. The standard InChI is InChI=1S/C14H13Br2FN2O/c1-3-19-12(14(16)8(2)18-19)7-13(20)9-4-5-10(15)11(17)6-9/h4-6H,3,7H2,1-2H3. The zero-order chi connectivity index (χ0) is 14.9. The molecule has 0 amide bonds. The molecule has 20 heavy (non-hydrogen) atoms. The van der Waals surface area contributed by atoms with Crippen LogP contribution in [0.25, 0.3) is 0 Å². The van der Waals surface area contributed by atoms with Crippen LogP contribution in [-0.4, -0.2) is 15.6 Å². The molecule has 3 nitrogen and oxygen atoms in total. The molecule has 0 saturated heterocycles. The molecule has 0 aliphatic carbocycles. The lowest BCUT2D eigenvalue weighted by Gasteiger charge is -2.06. The first-order valence-electron chi connectivity index (χ1n) is 6.14. The van der Waals surface area contributed by atoms with E-state index < -0.39 is 5.82 Å². The largest absolute Gasteiger partial charge is 0.294 e. The summed E-state index contributed by atoms with van der Waals surface area (Å²) >= 11 is 6.53. The monoisotopic (exact) mass is 402 g/mol. The van der Waals surface area contributed by atoms with Crippen molar-refractivity contribution in [2.24, 2.45) is 0 Å². The molecular formula is C14H13Br2FN2O. The molecule has 0 bridgehead atoms. The summed E-state index contributed by atoms with van der Waals surface area (Å²) in [6.45, 7) is 4.53. The lowest BCUT2D eigenvalue weighted by molar-refractivity contribution is 0.0990. The lowest BCUT2D eigenvalue weighted by Crippen LogP contribution is -2.10. The number of ketones is 1. The van der Waals surface area contributed by atoms with Gasteiger partial charge in [0, 0.05) is 12.1 Å². The van der Waals surface area contributed by atoms with E-state index in [-0.39, 0.29) is 12.2 Å². The minimum absolute atomic E-state index is 0.133. The van der Waals surface area contributed by atoms with E-state index in [1.807, 2.05) is 13.8 Å². The Kier molecular flexibility index (Phi) is 4.75. The molecule has 0 radical (unpaired) electrons. The maximum Gasteiger partial charge on any atom is 0.168 e. The van der Waals surface area contributed by atoms with Crippen molar-refractivity contribution in [1.82, 2.24) is 9.78 Å². The molecule has 1 heterocycles. The molecule has 0 aliphatic rings. The van der Waals surface area contributed by atoms with E-state index in [1.54, 1.807) is 16.8 Å². The Hall–Kier alpha value is -1.01. The number of hydrogen-bond acceptors (Lipinski definition) is 2. The van der Waals surface area contributed by atoms with Crippen LogP contribution in [0.15, 0.2) is 27.1 Å². The third-order valence-corrected chi connectivity index (χ3v) is 4.70. The minimum atomic E-state index is -0.435. The highest BCUT2D eigenvalue weighted by Crippen LogP contribution is 2.23. The SMILES string of the molecule is CCn1nc(C)c(Br)c1CC(=O)c1ccc(Br)c(F)c1. The number of aromatic nitrogens is 2. The van der Waals surface area contributed by atoms with Gasteiger partial charge in [-0.05, 0) is 57.8 Å². The van der Waals surface area contributed by atoms with Crippen LogP contribution in [0.1, 0.15) is 28.7 Å². The number of Topliss-reactive ketones (excluding diaryl/α,β-unsaturated/α-hetero) is 1. The molecule has 0 saturated carbocycles. The Balaban J connectivity index is 2.30. The minimum Gasteiger partial charge on any atom is -0.294 e. The number of carbonyl (C=O) groups excluding carboxylic acids is 1. The highest BCUT2D eigenvalue weighted by molar-refractivity contribution is 9.10. The van der Waals surface area contributed by atoms with Gasteiger partial charge in [0.25, 0.3) is 0 Å². The molecule has 0 spiro atoms. The average Bonchev–Trinajstić information content (AvgIpc) is 2.69. The summed E-state index contributed by atoms with van der Waals surface area (Å²) in [4.78, 5) is 12.3. The van der Waals surface area contributed by atoms with Crippen molar-refractivity contribution in [2.45, 2.75) is 26.8 Å². The van der Waals surface area contributed by atoms with Crippen LogP contribution in [-0.2, 0) is 13.0 Å². The average molecular weight is 404 g/mol. The molecule has 0 fully saturated rings. The van der Waals surface area contributed by atoms with Crippen molar-refractivity contribution in [1.29, 1.82) is 0 Å². The second kappa shape index (κ2) is 6.18. The van der Waals surface area contributed by atoms with Gasteiger partial charge in [-0.3, -0.25) is 9.48 Å². The van der Waals surface area contributed by atoms with E-state index in [0.29, 0.717) is 16.6 Å². The van der Waals surface area contributed by atoms with Crippen LogP contribution in [0.3, 0.4) is 0 Å². The number of nitrogens with zero attached hydrogens (tertiary/aromatic N) is 2. The van der Waals surface area contributed by atoms with E-state index in [2.05, 4.69) is 37.0 Å². The quantitative estimate of drug-likeness (QED) is 0.713. The van der Waals surface area contributed by atoms with Gasteiger partial charge in [-0.25, -0.2) is 4.39 Å². The van der Waals surface area contributed by atoms with Crippen molar-refractivity contribution in [3.8, 4) is 0 Å². The second-order valence-corrected chi connectivity index (χ2v) is 6.04. The zero-order valence-electron chi connectivity index (χ0n) is 11.1. The van der Waals surface area contributed by atoms with Crippen LogP contribution in [0.2, 0.25) is 0 Å². The third-order valence-electron chi connectivity index (χ3n) is 3.02. The number of aryl methyl sites for hydroxylation is 2. The highest BCUT2D eigenvalue weighted by Gasteiger charge is 2.17. The topological polar surface area (TPSA) is 34.9 Å². The first kappa shape index (κ1) is 15.4. The van der Waals surface area contributed by atoms with Gasteiger partial charge in [0.05, 0.1) is 26.8 Å². The second-order valence-electron chi connectivity index (χ2n) is 4.39. The Morgan fingerprint density at radius 3 is 2.70 bits per heavy atom. The van der Waals surface area contributed by atoms with Gasteiger partial charge in [-0.15, -0.1) is 0 Å². The lowest BCUT2D eigenvalue weighted by atomic mass is 10.1. The first-order chi connectivity index (χ1) is 9.43. The van der Waals surface area contributed by atoms with Gasteiger partial charge in [0.15, 0.2) is 5.78 Å². The van der Waals surface area contributed by atoms with Crippen molar-refractivity contribution in [3.63, 3.8) is 0 Å². The Morgan fingerprint density at radius 1 is 1.40 bits per heavy atom. The van der Waals surface area contributed by atoms with Crippen molar-refractivity contribution >= 4 is 37.6 Å². The summed E-state index contributed by atoms with van der Waals surface area (Å²) in [7, 11) is 0.